The van der Waals surface area contributed by atoms with Gasteiger partial charge in [-0.3, -0.25) is 4.99 Å². The molecule has 0 atom stereocenters. The number of thiazole rings is 1. The van der Waals surface area contributed by atoms with E-state index in [1.807, 2.05) is 11.3 Å². The lowest BCUT2D eigenvalue weighted by molar-refractivity contribution is 0.784. The Hall–Kier alpha value is -0.670. The van der Waals surface area contributed by atoms with Crippen molar-refractivity contribution in [3.05, 3.63) is 35.5 Å². The maximum Gasteiger partial charge on any atom is 0.191 e. The molecule has 120 valence electrons. The molecule has 2 heterocycles. The highest BCUT2D eigenvalue weighted by molar-refractivity contribution is 14.1. The van der Waals surface area contributed by atoms with Crippen molar-refractivity contribution in [3.8, 4) is 0 Å². The molecule has 0 amide bonds. The van der Waals surface area contributed by atoms with Crippen molar-refractivity contribution >= 4 is 51.2 Å². The van der Waals surface area contributed by atoms with Crippen LogP contribution in [0.2, 0.25) is 0 Å². The van der Waals surface area contributed by atoms with Gasteiger partial charge in [-0.25, -0.2) is 4.98 Å². The van der Waals surface area contributed by atoms with Gasteiger partial charge in [-0.1, -0.05) is 0 Å². The number of guanidine groups is 1. The second-order valence-electron chi connectivity index (χ2n) is 4.88. The van der Waals surface area contributed by atoms with Crippen molar-refractivity contribution in [3.63, 3.8) is 0 Å². The van der Waals surface area contributed by atoms with Crippen molar-refractivity contribution in [1.82, 2.24) is 15.6 Å². The Labute approximate surface area is 153 Å². The summed E-state index contributed by atoms with van der Waals surface area (Å²) in [5.41, 5.74) is 1.15. The summed E-state index contributed by atoms with van der Waals surface area (Å²) in [6.45, 7) is 5.93. The van der Waals surface area contributed by atoms with E-state index in [1.165, 1.54) is 17.6 Å². The highest BCUT2D eigenvalue weighted by Crippen LogP contribution is 2.18. The molecule has 7 heteroatoms. The predicted octanol–water partition coefficient (Wildman–Crippen LogP) is 3.38. The molecule has 2 N–H and O–H groups in total. The fraction of sp³-hybridized carbons (Fsp3) is 0.467. The lowest BCUT2D eigenvalue weighted by atomic mass is 10.3. The van der Waals surface area contributed by atoms with Gasteiger partial charge < -0.3 is 10.6 Å². The van der Waals surface area contributed by atoms with E-state index in [1.54, 1.807) is 18.4 Å². The van der Waals surface area contributed by atoms with Crippen LogP contribution >= 0.6 is 45.3 Å². The van der Waals surface area contributed by atoms with Crippen molar-refractivity contribution in [2.24, 2.45) is 4.99 Å². The minimum Gasteiger partial charge on any atom is -0.356 e. The number of hydrogen-bond donors (Lipinski definition) is 2. The summed E-state index contributed by atoms with van der Waals surface area (Å²) >= 11 is 5.98. The number of aromatic nitrogens is 1. The third kappa shape index (κ3) is 5.51. The summed E-state index contributed by atoms with van der Waals surface area (Å²) in [6.07, 6.45) is 1.96. The topological polar surface area (TPSA) is 49.3 Å². The highest BCUT2D eigenvalue weighted by atomic mass is 127. The Morgan fingerprint density at radius 1 is 1.18 bits per heavy atom. The van der Waals surface area contributed by atoms with E-state index in [0.717, 1.165) is 37.6 Å². The number of thiophene rings is 1. The van der Waals surface area contributed by atoms with Gasteiger partial charge in [0.1, 0.15) is 0 Å². The molecule has 0 fully saturated rings. The van der Waals surface area contributed by atoms with Crippen molar-refractivity contribution in [1.29, 1.82) is 0 Å². The van der Waals surface area contributed by atoms with Crippen molar-refractivity contribution in [2.75, 3.05) is 20.1 Å². The molecule has 2 aromatic rings. The summed E-state index contributed by atoms with van der Waals surface area (Å²) in [4.78, 5) is 11.5. The van der Waals surface area contributed by atoms with Crippen LogP contribution in [0.4, 0.5) is 0 Å². The number of nitrogens with zero attached hydrogens (tertiary/aromatic N) is 2. The standard InChI is InChI=1S/C15H21IN4S2/c1-10-11(2)21-14(20-10)7-9-19-15(17-3)18-8-6-12-4-5-13(16)22-12/h4-5H,6-9H2,1-3H3,(H2,17,18,19). The highest BCUT2D eigenvalue weighted by Gasteiger charge is 2.04. The second kappa shape index (κ2) is 8.83. The number of aliphatic imine (C=N–C) groups is 1. The number of halogens is 1. The van der Waals surface area contributed by atoms with Crippen LogP contribution in [-0.4, -0.2) is 31.1 Å². The van der Waals surface area contributed by atoms with Crippen LogP contribution in [0.1, 0.15) is 20.5 Å². The van der Waals surface area contributed by atoms with Crippen LogP contribution in [-0.2, 0) is 12.8 Å². The number of hydrogen-bond acceptors (Lipinski definition) is 4. The molecule has 0 aromatic carbocycles. The van der Waals surface area contributed by atoms with Crippen LogP contribution in [0.15, 0.2) is 17.1 Å². The molecule has 0 bridgehead atoms. The van der Waals surface area contributed by atoms with E-state index in [9.17, 15) is 0 Å². The van der Waals surface area contributed by atoms with Gasteiger partial charge in [0.2, 0.25) is 0 Å². The molecule has 0 unspecified atom stereocenters. The van der Waals surface area contributed by atoms with Gasteiger partial charge in [0, 0.05) is 36.3 Å². The van der Waals surface area contributed by atoms with E-state index in [-0.39, 0.29) is 0 Å². The Morgan fingerprint density at radius 3 is 2.45 bits per heavy atom. The fourth-order valence-electron chi connectivity index (χ4n) is 1.94. The first-order valence-corrected chi connectivity index (χ1v) is 9.91. The Bertz CT molecular complexity index is 614. The van der Waals surface area contributed by atoms with Gasteiger partial charge in [0.25, 0.3) is 0 Å². The van der Waals surface area contributed by atoms with Gasteiger partial charge in [0.15, 0.2) is 5.96 Å². The second-order valence-corrected chi connectivity index (χ2v) is 9.23. The molecule has 4 nitrogen and oxygen atoms in total. The van der Waals surface area contributed by atoms with E-state index >= 15 is 0 Å². The maximum absolute atomic E-state index is 4.56. The van der Waals surface area contributed by atoms with Gasteiger partial charge in [-0.2, -0.15) is 0 Å². The zero-order valence-corrected chi connectivity index (χ0v) is 16.9. The SMILES string of the molecule is CN=C(NCCc1ccc(I)s1)NCCc1nc(C)c(C)s1. The van der Waals surface area contributed by atoms with Gasteiger partial charge in [-0.05, 0) is 55.0 Å². The van der Waals surface area contributed by atoms with E-state index in [2.05, 4.69) is 69.2 Å². The summed E-state index contributed by atoms with van der Waals surface area (Å²) in [7, 11) is 1.81. The maximum atomic E-state index is 4.56. The minimum absolute atomic E-state index is 0.850. The third-order valence-electron chi connectivity index (χ3n) is 3.22. The molecule has 0 saturated carbocycles. The smallest absolute Gasteiger partial charge is 0.191 e. The molecule has 0 radical (unpaired) electrons. The average Bonchev–Trinajstić information content (AvgIpc) is 3.03. The van der Waals surface area contributed by atoms with E-state index in [4.69, 9.17) is 0 Å². The van der Waals surface area contributed by atoms with Crippen LogP contribution < -0.4 is 10.6 Å². The normalized spacial score (nSPS) is 11.7. The van der Waals surface area contributed by atoms with E-state index in [0.29, 0.717) is 0 Å². The Kier molecular flexibility index (Phi) is 7.10. The summed E-state index contributed by atoms with van der Waals surface area (Å²) in [5, 5.41) is 7.89. The molecule has 0 aliphatic rings. The molecule has 0 aliphatic heterocycles. The van der Waals surface area contributed by atoms with Gasteiger partial charge >= 0.3 is 0 Å². The lowest BCUT2D eigenvalue weighted by Gasteiger charge is -2.10. The first-order valence-electron chi connectivity index (χ1n) is 7.20. The summed E-state index contributed by atoms with van der Waals surface area (Å²) in [6, 6.07) is 4.35. The zero-order valence-electron chi connectivity index (χ0n) is 13.1. The van der Waals surface area contributed by atoms with Crippen LogP contribution in [0.3, 0.4) is 0 Å². The Morgan fingerprint density at radius 2 is 1.91 bits per heavy atom. The Balaban J connectivity index is 1.68. The molecule has 22 heavy (non-hydrogen) atoms. The molecular formula is C15H21IN4S2. The van der Waals surface area contributed by atoms with Crippen LogP contribution in [0.25, 0.3) is 0 Å². The van der Waals surface area contributed by atoms with E-state index < -0.39 is 0 Å². The molecular weight excluding hydrogens is 427 g/mol. The first-order chi connectivity index (χ1) is 10.6. The predicted molar refractivity (Wildman–Crippen MR) is 105 cm³/mol. The monoisotopic (exact) mass is 448 g/mol. The van der Waals surface area contributed by atoms with Gasteiger partial charge in [0.05, 0.1) is 13.6 Å². The number of aryl methyl sites for hydroxylation is 2. The first kappa shape index (κ1) is 17.7. The lowest BCUT2D eigenvalue weighted by Crippen LogP contribution is -2.39. The molecule has 0 spiro atoms. The van der Waals surface area contributed by atoms with Crippen LogP contribution in [0.5, 0.6) is 0 Å². The summed E-state index contributed by atoms with van der Waals surface area (Å²) < 4.78 is 1.34. The molecule has 0 aliphatic carbocycles. The molecule has 0 saturated heterocycles. The molecule has 2 aromatic heterocycles. The van der Waals surface area contributed by atoms with Gasteiger partial charge in [-0.15, -0.1) is 22.7 Å². The average molecular weight is 448 g/mol. The third-order valence-corrected chi connectivity index (χ3v) is 6.31. The minimum atomic E-state index is 0.850. The van der Waals surface area contributed by atoms with Crippen molar-refractivity contribution < 1.29 is 0 Å². The number of rotatable bonds is 6. The number of nitrogens with one attached hydrogen (secondary N) is 2. The quantitative estimate of drug-likeness (QED) is 0.405. The fourth-order valence-corrected chi connectivity index (χ4v) is 4.63. The summed E-state index contributed by atoms with van der Waals surface area (Å²) in [5.74, 6) is 0.858. The largest absolute Gasteiger partial charge is 0.356 e. The molecule has 2 rings (SSSR count). The zero-order chi connectivity index (χ0) is 15.9. The van der Waals surface area contributed by atoms with Crippen LogP contribution in [0, 0.1) is 16.7 Å². The van der Waals surface area contributed by atoms with Crippen molar-refractivity contribution in [2.45, 2.75) is 26.7 Å².